The first-order valence-corrected chi connectivity index (χ1v) is 7.11. The molecule has 0 heterocycles. The summed E-state index contributed by atoms with van der Waals surface area (Å²) in [6.45, 7) is 5.85. The van der Waals surface area contributed by atoms with Crippen LogP contribution in [-0.4, -0.2) is 27.5 Å². The summed E-state index contributed by atoms with van der Waals surface area (Å²) in [4.78, 5) is 11.7. The fourth-order valence-corrected chi connectivity index (χ4v) is 3.24. The van der Waals surface area contributed by atoms with Gasteiger partial charge in [0.25, 0.3) is 0 Å². The second-order valence-electron chi connectivity index (χ2n) is 3.25. The number of carbonyl (C=O) groups excluding carboxylic acids is 1. The molecule has 86 valence electrons. The van der Waals surface area contributed by atoms with Gasteiger partial charge >= 0.3 is 103 Å². The zero-order valence-electron chi connectivity index (χ0n) is 9.39. The molecule has 0 fully saturated rings. The van der Waals surface area contributed by atoms with E-state index >= 15 is 0 Å². The monoisotopic (exact) mass is 284 g/mol. The third kappa shape index (κ3) is 4.21. The molecule has 0 spiro atoms. The van der Waals surface area contributed by atoms with Gasteiger partial charge in [-0.25, -0.2) is 0 Å². The van der Waals surface area contributed by atoms with Crippen molar-refractivity contribution in [2.75, 3.05) is 6.61 Å². The van der Waals surface area contributed by atoms with Gasteiger partial charge in [-0.1, -0.05) is 0 Å². The maximum absolute atomic E-state index is 11.7. The van der Waals surface area contributed by atoms with Crippen LogP contribution in [0.4, 0.5) is 0 Å². The van der Waals surface area contributed by atoms with E-state index in [1.807, 2.05) is 25.1 Å². The van der Waals surface area contributed by atoms with E-state index in [1.165, 1.54) is 4.46 Å². The third-order valence-corrected chi connectivity index (χ3v) is 4.84. The normalized spacial score (nSPS) is 11.8. The summed E-state index contributed by atoms with van der Waals surface area (Å²) in [6, 6.07) is 10.1. The van der Waals surface area contributed by atoms with Crippen LogP contribution < -0.4 is 4.46 Å². The van der Waals surface area contributed by atoms with Crippen molar-refractivity contribution in [3.8, 4) is 0 Å². The first kappa shape index (κ1) is 13.0. The molecule has 0 N–H and O–H groups in total. The van der Waals surface area contributed by atoms with E-state index in [0.29, 0.717) is 6.61 Å². The molecule has 1 aromatic carbocycles. The number of esters is 1. The fraction of sp³-hybridized carbons (Fsp3) is 0.308. The number of ether oxygens (including phenoxy) is 1. The molecule has 0 aliphatic carbocycles. The van der Waals surface area contributed by atoms with Crippen molar-refractivity contribution in [1.82, 2.24) is 0 Å². The molecule has 0 aliphatic heterocycles. The maximum atomic E-state index is 11.7. The van der Waals surface area contributed by atoms with Crippen molar-refractivity contribution in [1.29, 1.82) is 0 Å². The molecule has 0 aliphatic rings. The van der Waals surface area contributed by atoms with Gasteiger partial charge in [-0.3, -0.25) is 0 Å². The van der Waals surface area contributed by atoms with Crippen molar-refractivity contribution in [3.63, 3.8) is 0 Å². The van der Waals surface area contributed by atoms with Crippen LogP contribution in [0.25, 0.3) is 0 Å². The Morgan fingerprint density at radius 1 is 1.50 bits per heavy atom. The van der Waals surface area contributed by atoms with Gasteiger partial charge in [0.15, 0.2) is 0 Å². The molecule has 0 amide bonds. The third-order valence-electron chi connectivity index (χ3n) is 2.00. The SMILES string of the molecule is C=CCOC(=O)C(CC)[Se]c1ccccc1. The van der Waals surface area contributed by atoms with Gasteiger partial charge in [0.05, 0.1) is 0 Å². The second-order valence-corrected chi connectivity index (χ2v) is 5.92. The molecule has 1 unspecified atom stereocenters. The van der Waals surface area contributed by atoms with Gasteiger partial charge < -0.3 is 0 Å². The van der Waals surface area contributed by atoms with Crippen molar-refractivity contribution >= 4 is 25.4 Å². The first-order chi connectivity index (χ1) is 7.77. The quantitative estimate of drug-likeness (QED) is 0.453. The van der Waals surface area contributed by atoms with Crippen LogP contribution in [0, 0.1) is 0 Å². The number of hydrogen-bond acceptors (Lipinski definition) is 2. The van der Waals surface area contributed by atoms with Crippen molar-refractivity contribution in [3.05, 3.63) is 43.0 Å². The molecule has 1 aromatic rings. The Labute approximate surface area is 103 Å². The number of hydrogen-bond donors (Lipinski definition) is 0. The Morgan fingerprint density at radius 3 is 2.75 bits per heavy atom. The molecule has 16 heavy (non-hydrogen) atoms. The van der Waals surface area contributed by atoms with E-state index < -0.39 is 0 Å². The van der Waals surface area contributed by atoms with Gasteiger partial charge in [-0.2, -0.15) is 0 Å². The van der Waals surface area contributed by atoms with Crippen LogP contribution in [0.3, 0.4) is 0 Å². The van der Waals surface area contributed by atoms with E-state index in [9.17, 15) is 4.79 Å². The molecule has 3 heteroatoms. The average Bonchev–Trinajstić information content (AvgIpc) is 2.34. The minimum absolute atomic E-state index is 0.00912. The fourth-order valence-electron chi connectivity index (χ4n) is 1.20. The molecular formula is C13H16O2Se. The number of carbonyl (C=O) groups is 1. The molecule has 0 saturated heterocycles. The molecule has 0 radical (unpaired) electrons. The number of rotatable bonds is 6. The standard InChI is InChI=1S/C13H16O2Se/c1-3-10-15-13(14)12(4-2)16-11-8-6-5-7-9-11/h3,5-9,12H,1,4,10H2,2H3. The summed E-state index contributed by atoms with van der Waals surface area (Å²) in [6.07, 6.45) is 2.42. The van der Waals surface area contributed by atoms with Crippen LogP contribution in [0.5, 0.6) is 0 Å². The Bertz CT molecular complexity index is 335. The molecule has 1 atom stereocenters. The van der Waals surface area contributed by atoms with Crippen molar-refractivity contribution in [2.45, 2.75) is 18.2 Å². The summed E-state index contributed by atoms with van der Waals surface area (Å²) in [7, 11) is 0. The predicted octanol–water partition coefficient (Wildman–Crippen LogP) is 1.94. The van der Waals surface area contributed by atoms with Gasteiger partial charge in [0.1, 0.15) is 0 Å². The van der Waals surface area contributed by atoms with Crippen LogP contribution >= 0.6 is 0 Å². The molecular weight excluding hydrogens is 267 g/mol. The molecule has 2 nitrogen and oxygen atoms in total. The Morgan fingerprint density at radius 2 is 2.19 bits per heavy atom. The van der Waals surface area contributed by atoms with E-state index in [1.54, 1.807) is 6.08 Å². The van der Waals surface area contributed by atoms with E-state index in [-0.39, 0.29) is 25.7 Å². The van der Waals surface area contributed by atoms with E-state index in [2.05, 4.69) is 18.7 Å². The molecule has 0 aromatic heterocycles. The zero-order chi connectivity index (χ0) is 11.8. The van der Waals surface area contributed by atoms with E-state index in [4.69, 9.17) is 4.74 Å². The summed E-state index contributed by atoms with van der Waals surface area (Å²) in [5, 5.41) is 0. The van der Waals surface area contributed by atoms with Crippen LogP contribution in [0.2, 0.25) is 4.82 Å². The van der Waals surface area contributed by atoms with Crippen molar-refractivity contribution < 1.29 is 9.53 Å². The van der Waals surface area contributed by atoms with Crippen LogP contribution in [0.15, 0.2) is 43.0 Å². The summed E-state index contributed by atoms with van der Waals surface area (Å²) in [5.41, 5.74) is 0. The summed E-state index contributed by atoms with van der Waals surface area (Å²) >= 11 is 0.147. The molecule has 0 bridgehead atoms. The Balaban J connectivity index is 2.55. The zero-order valence-corrected chi connectivity index (χ0v) is 11.1. The number of benzene rings is 1. The Kier molecular flexibility index (Phi) is 5.91. The minimum atomic E-state index is -0.105. The van der Waals surface area contributed by atoms with E-state index in [0.717, 1.165) is 6.42 Å². The van der Waals surface area contributed by atoms with Crippen LogP contribution in [0.1, 0.15) is 13.3 Å². The summed E-state index contributed by atoms with van der Waals surface area (Å²) in [5.74, 6) is -0.105. The topological polar surface area (TPSA) is 26.3 Å². The van der Waals surface area contributed by atoms with Gasteiger partial charge in [0, 0.05) is 0 Å². The van der Waals surface area contributed by atoms with Gasteiger partial charge in [-0.05, 0) is 0 Å². The first-order valence-electron chi connectivity index (χ1n) is 5.27. The average molecular weight is 283 g/mol. The summed E-state index contributed by atoms with van der Waals surface area (Å²) < 4.78 is 6.31. The van der Waals surface area contributed by atoms with Gasteiger partial charge in [-0.15, -0.1) is 0 Å². The molecule has 0 saturated carbocycles. The van der Waals surface area contributed by atoms with Gasteiger partial charge in [0.2, 0.25) is 0 Å². The predicted molar refractivity (Wildman–Crippen MR) is 67.0 cm³/mol. The second kappa shape index (κ2) is 7.26. The Hall–Kier alpha value is -1.05. The molecule has 1 rings (SSSR count). The van der Waals surface area contributed by atoms with Crippen molar-refractivity contribution in [2.24, 2.45) is 0 Å². The van der Waals surface area contributed by atoms with Crippen LogP contribution in [-0.2, 0) is 9.53 Å².